The molecule has 5 nitrogen and oxygen atoms in total. The van der Waals surface area contributed by atoms with Gasteiger partial charge in [0.1, 0.15) is 6.29 Å². The van der Waals surface area contributed by atoms with E-state index in [1.165, 1.54) is 16.7 Å². The molecule has 0 aromatic heterocycles. The Labute approximate surface area is 192 Å². The van der Waals surface area contributed by atoms with Gasteiger partial charge < -0.3 is 15.4 Å². The zero-order valence-corrected chi connectivity index (χ0v) is 19.7. The van der Waals surface area contributed by atoms with E-state index in [0.717, 1.165) is 24.8 Å². The molecule has 1 unspecified atom stereocenters. The second-order valence-electron chi connectivity index (χ2n) is 8.70. The van der Waals surface area contributed by atoms with Gasteiger partial charge in [-0.25, -0.2) is 0 Å². The average molecular weight is 437 g/mol. The summed E-state index contributed by atoms with van der Waals surface area (Å²) in [6.45, 7) is 8.98. The van der Waals surface area contributed by atoms with Gasteiger partial charge in [-0.05, 0) is 56.2 Å². The smallest absolute Gasteiger partial charge is 0.250 e. The molecule has 32 heavy (non-hydrogen) atoms. The van der Waals surface area contributed by atoms with Crippen LogP contribution in [0.3, 0.4) is 0 Å². The van der Waals surface area contributed by atoms with Gasteiger partial charge in [0.15, 0.2) is 0 Å². The Morgan fingerprint density at radius 3 is 2.34 bits per heavy atom. The number of benzene rings is 1. The predicted molar refractivity (Wildman–Crippen MR) is 129 cm³/mol. The quantitative estimate of drug-likeness (QED) is 0.389. The van der Waals surface area contributed by atoms with Gasteiger partial charge >= 0.3 is 0 Å². The van der Waals surface area contributed by atoms with Crippen LogP contribution in [0.1, 0.15) is 76.3 Å². The van der Waals surface area contributed by atoms with Gasteiger partial charge in [-0.15, -0.1) is 0 Å². The normalized spacial score (nSPS) is 14.6. The summed E-state index contributed by atoms with van der Waals surface area (Å²) < 4.78 is 0. The molecule has 1 aromatic carbocycles. The number of unbranched alkanes of at least 4 members (excludes halogenated alkanes) is 1. The summed E-state index contributed by atoms with van der Waals surface area (Å²) >= 11 is 0. The molecule has 0 bridgehead atoms. The van der Waals surface area contributed by atoms with Crippen LogP contribution in [0.5, 0.6) is 0 Å². The monoisotopic (exact) mass is 436 g/mol. The fourth-order valence-electron chi connectivity index (χ4n) is 3.62. The highest BCUT2D eigenvalue weighted by Crippen LogP contribution is 2.25. The van der Waals surface area contributed by atoms with Crippen molar-refractivity contribution in [2.45, 2.75) is 65.2 Å². The Morgan fingerprint density at radius 2 is 1.69 bits per heavy atom. The molecule has 0 spiro atoms. The van der Waals surface area contributed by atoms with Crippen molar-refractivity contribution in [3.63, 3.8) is 0 Å². The number of carbonyl (C=O) groups is 3. The summed E-state index contributed by atoms with van der Waals surface area (Å²) in [4.78, 5) is 35.7. The van der Waals surface area contributed by atoms with Crippen molar-refractivity contribution in [3.05, 3.63) is 70.3 Å². The van der Waals surface area contributed by atoms with Gasteiger partial charge in [-0.3, -0.25) is 9.59 Å². The minimum Gasteiger partial charge on any atom is -0.352 e. The molecule has 2 amide bonds. The minimum atomic E-state index is -0.309. The number of amides is 2. The first kappa shape index (κ1) is 25.3. The zero-order chi connectivity index (χ0) is 23.5. The van der Waals surface area contributed by atoms with E-state index in [2.05, 4.69) is 50.5 Å². The zero-order valence-electron chi connectivity index (χ0n) is 19.7. The van der Waals surface area contributed by atoms with Crippen LogP contribution in [0.15, 0.2) is 59.2 Å². The number of hydrogen-bond acceptors (Lipinski definition) is 3. The average Bonchev–Trinajstić information content (AvgIpc) is 2.95. The highest BCUT2D eigenvalue weighted by atomic mass is 16.2. The second-order valence-corrected chi connectivity index (χ2v) is 8.70. The maximum Gasteiger partial charge on any atom is 0.250 e. The van der Waals surface area contributed by atoms with E-state index in [-0.39, 0.29) is 24.3 Å². The summed E-state index contributed by atoms with van der Waals surface area (Å²) in [5.41, 5.74) is 5.34. The molecule has 1 atom stereocenters. The summed E-state index contributed by atoms with van der Waals surface area (Å²) in [6, 6.07) is 8.13. The molecule has 0 fully saturated rings. The van der Waals surface area contributed by atoms with E-state index in [0.29, 0.717) is 30.7 Å². The van der Waals surface area contributed by atoms with Crippen LogP contribution in [0, 0.1) is 0 Å². The van der Waals surface area contributed by atoms with Crippen molar-refractivity contribution < 1.29 is 14.4 Å². The summed E-state index contributed by atoms with van der Waals surface area (Å²) in [7, 11) is 0. The van der Waals surface area contributed by atoms with Crippen LogP contribution in [0.4, 0.5) is 0 Å². The molecule has 0 aliphatic heterocycles. The third-order valence-corrected chi connectivity index (χ3v) is 5.96. The predicted octanol–water partition coefficient (Wildman–Crippen LogP) is 4.72. The number of allylic oxidation sites excluding steroid dienone is 4. The van der Waals surface area contributed by atoms with Gasteiger partial charge in [0.25, 0.3) is 5.91 Å². The molecular formula is C27H36N2O3. The molecule has 1 aliphatic rings. The molecule has 1 aromatic rings. The number of rotatable bonds is 11. The van der Waals surface area contributed by atoms with Gasteiger partial charge in [-0.1, -0.05) is 67.8 Å². The third-order valence-electron chi connectivity index (χ3n) is 5.96. The number of hydrogen-bond donors (Lipinski definition) is 2. The van der Waals surface area contributed by atoms with Crippen molar-refractivity contribution in [2.24, 2.45) is 0 Å². The van der Waals surface area contributed by atoms with Crippen molar-refractivity contribution in [3.8, 4) is 0 Å². The third kappa shape index (κ3) is 7.63. The van der Waals surface area contributed by atoms with E-state index < -0.39 is 0 Å². The van der Waals surface area contributed by atoms with E-state index in [1.807, 2.05) is 30.4 Å². The Kier molecular flexibility index (Phi) is 10.1. The van der Waals surface area contributed by atoms with Crippen LogP contribution in [0.25, 0.3) is 0 Å². The Morgan fingerprint density at radius 1 is 1.00 bits per heavy atom. The maximum atomic E-state index is 12.6. The lowest BCUT2D eigenvalue weighted by Crippen LogP contribution is -2.31. The lowest BCUT2D eigenvalue weighted by Gasteiger charge is -2.18. The lowest BCUT2D eigenvalue weighted by molar-refractivity contribution is -0.124. The molecule has 172 valence electrons. The highest BCUT2D eigenvalue weighted by molar-refractivity contribution is 5.96. The summed E-state index contributed by atoms with van der Waals surface area (Å²) in [6.07, 6.45) is 9.53. The molecule has 0 saturated carbocycles. The van der Waals surface area contributed by atoms with E-state index in [4.69, 9.17) is 0 Å². The highest BCUT2D eigenvalue weighted by Gasteiger charge is 2.20. The number of carbonyl (C=O) groups excluding carboxylic acids is 3. The molecule has 0 saturated heterocycles. The lowest BCUT2D eigenvalue weighted by atomic mass is 9.90. The van der Waals surface area contributed by atoms with Gasteiger partial charge in [0.05, 0.1) is 12.5 Å². The Hall–Kier alpha value is -2.95. The van der Waals surface area contributed by atoms with Crippen LogP contribution < -0.4 is 10.6 Å². The minimum absolute atomic E-state index is 0.0197. The van der Waals surface area contributed by atoms with Crippen molar-refractivity contribution in [2.75, 3.05) is 13.1 Å². The van der Waals surface area contributed by atoms with Crippen molar-refractivity contribution >= 4 is 18.1 Å². The van der Waals surface area contributed by atoms with Gasteiger partial charge in [-0.2, -0.15) is 0 Å². The first-order valence-electron chi connectivity index (χ1n) is 11.5. The first-order valence-corrected chi connectivity index (χ1v) is 11.5. The van der Waals surface area contributed by atoms with E-state index in [1.54, 1.807) is 0 Å². The van der Waals surface area contributed by atoms with Crippen molar-refractivity contribution in [1.29, 1.82) is 0 Å². The van der Waals surface area contributed by atoms with Gasteiger partial charge in [0, 0.05) is 12.1 Å². The van der Waals surface area contributed by atoms with Gasteiger partial charge in [0.2, 0.25) is 5.91 Å². The fraction of sp³-hybridized carbons (Fsp3) is 0.444. The molecular weight excluding hydrogens is 400 g/mol. The largest absolute Gasteiger partial charge is 0.352 e. The summed E-state index contributed by atoms with van der Waals surface area (Å²) in [5.74, 6) is -0.0767. The SMILES string of the molecule is CC1=C(C)CC=C(C(=O)NCCCCC(C(=O)NCC=O)c2ccc(C(C)C)cc2)C=C1. The van der Waals surface area contributed by atoms with Crippen LogP contribution in [-0.2, 0) is 14.4 Å². The summed E-state index contributed by atoms with van der Waals surface area (Å²) in [5, 5.41) is 5.67. The Balaban J connectivity index is 1.88. The molecule has 2 N–H and O–H groups in total. The topological polar surface area (TPSA) is 75.3 Å². The van der Waals surface area contributed by atoms with Crippen LogP contribution >= 0.6 is 0 Å². The van der Waals surface area contributed by atoms with E-state index in [9.17, 15) is 14.4 Å². The second kappa shape index (κ2) is 12.8. The molecule has 1 aliphatic carbocycles. The van der Waals surface area contributed by atoms with E-state index >= 15 is 0 Å². The standard InChI is InChI=1S/C27H36N2O3/c1-19(2)22-12-14-23(15-13-22)25(27(32)29-17-18-30)7-5-6-16-28-26(31)24-10-8-20(3)21(4)9-11-24/h8,10-15,18-19,25H,5-7,9,16-17H2,1-4H3,(H,28,31)(H,29,32). The molecule has 0 heterocycles. The molecule has 2 rings (SSSR count). The van der Waals surface area contributed by atoms with Crippen LogP contribution in [-0.4, -0.2) is 31.2 Å². The van der Waals surface area contributed by atoms with Crippen LogP contribution in [0.2, 0.25) is 0 Å². The fourth-order valence-corrected chi connectivity index (χ4v) is 3.62. The van der Waals surface area contributed by atoms with Crippen molar-refractivity contribution in [1.82, 2.24) is 10.6 Å². The molecule has 0 radical (unpaired) electrons. The number of nitrogens with one attached hydrogen (secondary N) is 2. The number of aldehydes is 1. The first-order chi connectivity index (χ1) is 15.3. The molecule has 5 heteroatoms. The Bertz CT molecular complexity index is 892. The maximum absolute atomic E-state index is 12.6.